The van der Waals surface area contributed by atoms with Crippen LogP contribution in [0, 0.1) is 19.8 Å². The molecule has 140 valence electrons. The van der Waals surface area contributed by atoms with Crippen molar-refractivity contribution in [3.63, 3.8) is 0 Å². The highest BCUT2D eigenvalue weighted by atomic mass is 16.2. The summed E-state index contributed by atoms with van der Waals surface area (Å²) in [5, 5.41) is 4.30. The molecule has 1 atom stereocenters. The highest BCUT2D eigenvalue weighted by Crippen LogP contribution is 2.22. The molecule has 0 aliphatic carbocycles. The summed E-state index contributed by atoms with van der Waals surface area (Å²) in [5.74, 6) is 0.208. The quantitative estimate of drug-likeness (QED) is 0.777. The molecule has 1 unspecified atom stereocenters. The molecule has 27 heavy (non-hydrogen) atoms. The van der Waals surface area contributed by atoms with E-state index in [-0.39, 0.29) is 17.0 Å². The number of aromatic nitrogens is 3. The van der Waals surface area contributed by atoms with Crippen molar-refractivity contribution >= 4 is 11.6 Å². The second-order valence-corrected chi connectivity index (χ2v) is 7.56. The van der Waals surface area contributed by atoms with Crippen molar-refractivity contribution in [3.8, 4) is 0 Å². The predicted molar refractivity (Wildman–Crippen MR) is 104 cm³/mol. The van der Waals surface area contributed by atoms with E-state index in [1.54, 1.807) is 16.8 Å². The third kappa shape index (κ3) is 3.65. The summed E-state index contributed by atoms with van der Waals surface area (Å²) in [6.07, 6.45) is 4.57. The molecule has 1 aromatic carbocycles. The minimum absolute atomic E-state index is 0.154. The highest BCUT2D eigenvalue weighted by molar-refractivity contribution is 5.93. The molecule has 3 heterocycles. The van der Waals surface area contributed by atoms with Gasteiger partial charge in [0.2, 0.25) is 0 Å². The number of likely N-dealkylation sites (tertiary alicyclic amines) is 1. The Balaban J connectivity index is 1.52. The van der Waals surface area contributed by atoms with Crippen LogP contribution >= 0.6 is 0 Å². The third-order valence-corrected chi connectivity index (χ3v) is 5.28. The topological polar surface area (TPSA) is 70.5 Å². The lowest BCUT2D eigenvalue weighted by atomic mass is 9.91. The van der Waals surface area contributed by atoms with Crippen LogP contribution in [0.15, 0.2) is 41.3 Å². The summed E-state index contributed by atoms with van der Waals surface area (Å²) in [5.41, 5.74) is 3.75. The van der Waals surface area contributed by atoms with Crippen molar-refractivity contribution in [2.24, 2.45) is 5.92 Å². The predicted octanol–water partition coefficient (Wildman–Crippen LogP) is 2.73. The minimum Gasteiger partial charge on any atom is -0.338 e. The maximum atomic E-state index is 13.0. The molecular formula is C21H24N4O2. The van der Waals surface area contributed by atoms with Crippen LogP contribution in [-0.2, 0) is 6.42 Å². The fourth-order valence-corrected chi connectivity index (χ4v) is 3.87. The normalized spacial score (nSPS) is 17.4. The van der Waals surface area contributed by atoms with Gasteiger partial charge in [0.15, 0.2) is 0 Å². The molecule has 6 heteroatoms. The zero-order chi connectivity index (χ0) is 19.0. The fourth-order valence-electron chi connectivity index (χ4n) is 3.87. The van der Waals surface area contributed by atoms with E-state index in [0.717, 1.165) is 25.0 Å². The van der Waals surface area contributed by atoms with E-state index in [1.807, 2.05) is 11.8 Å². The van der Waals surface area contributed by atoms with E-state index in [9.17, 15) is 9.59 Å². The smallest absolute Gasteiger partial charge is 0.264 e. The van der Waals surface area contributed by atoms with Crippen LogP contribution in [0.4, 0.5) is 0 Å². The van der Waals surface area contributed by atoms with Crippen LogP contribution in [0.25, 0.3) is 5.65 Å². The summed E-state index contributed by atoms with van der Waals surface area (Å²) < 4.78 is 1.57. The van der Waals surface area contributed by atoms with E-state index < -0.39 is 0 Å². The Hall–Kier alpha value is -2.89. The molecule has 0 bridgehead atoms. The summed E-state index contributed by atoms with van der Waals surface area (Å²) in [7, 11) is 0. The number of nitrogens with one attached hydrogen (secondary N) is 1. The van der Waals surface area contributed by atoms with Gasteiger partial charge < -0.3 is 9.88 Å². The molecule has 6 nitrogen and oxygen atoms in total. The molecule has 1 N–H and O–H groups in total. The lowest BCUT2D eigenvalue weighted by Gasteiger charge is -2.32. The van der Waals surface area contributed by atoms with Crippen molar-refractivity contribution in [2.75, 3.05) is 13.1 Å². The first-order valence-electron chi connectivity index (χ1n) is 9.44. The van der Waals surface area contributed by atoms with Gasteiger partial charge in [-0.15, -0.1) is 0 Å². The van der Waals surface area contributed by atoms with Gasteiger partial charge in [-0.3, -0.25) is 9.59 Å². The summed E-state index contributed by atoms with van der Waals surface area (Å²) in [4.78, 5) is 29.9. The first-order valence-corrected chi connectivity index (χ1v) is 9.44. The zero-order valence-corrected chi connectivity index (χ0v) is 15.7. The first-order chi connectivity index (χ1) is 13.0. The Labute approximate surface area is 157 Å². The van der Waals surface area contributed by atoms with Crippen molar-refractivity contribution in [2.45, 2.75) is 33.1 Å². The van der Waals surface area contributed by atoms with Gasteiger partial charge in [0, 0.05) is 25.4 Å². The molecule has 1 aliphatic heterocycles. The van der Waals surface area contributed by atoms with Crippen molar-refractivity contribution in [1.29, 1.82) is 0 Å². The number of carbonyl (C=O) groups excluding carboxylic acids is 1. The standard InChI is InChI=1S/C21H24N4O2/c1-14-5-7-16(8-6-14)11-17-4-3-9-24(12-17)21(27)18-13-25-19(22-20(18)26)10-15(2)23-25/h5-8,10,13,17H,3-4,9,11-12H2,1-2H3,(H,22,26). The van der Waals surface area contributed by atoms with Gasteiger partial charge in [-0.25, -0.2) is 4.52 Å². The van der Waals surface area contributed by atoms with E-state index in [0.29, 0.717) is 24.7 Å². The average Bonchev–Trinajstić information content (AvgIpc) is 3.01. The average molecular weight is 364 g/mol. The van der Waals surface area contributed by atoms with E-state index in [2.05, 4.69) is 41.3 Å². The monoisotopic (exact) mass is 364 g/mol. The van der Waals surface area contributed by atoms with Crippen molar-refractivity contribution in [3.05, 3.63) is 69.3 Å². The number of fused-ring (bicyclic) bond motifs is 1. The van der Waals surface area contributed by atoms with Crippen LogP contribution < -0.4 is 5.56 Å². The first kappa shape index (κ1) is 17.5. The summed E-state index contributed by atoms with van der Waals surface area (Å²) in [6, 6.07) is 10.4. The van der Waals surface area contributed by atoms with Crippen molar-refractivity contribution < 1.29 is 4.79 Å². The number of H-pyrrole nitrogens is 1. The molecule has 1 saturated heterocycles. The Morgan fingerprint density at radius 2 is 2.04 bits per heavy atom. The van der Waals surface area contributed by atoms with E-state index in [1.165, 1.54) is 11.1 Å². The Kier molecular flexibility index (Phi) is 4.56. The van der Waals surface area contributed by atoms with Gasteiger partial charge in [-0.2, -0.15) is 5.10 Å². The lowest BCUT2D eigenvalue weighted by Crippen LogP contribution is -2.42. The molecule has 0 radical (unpaired) electrons. The summed E-state index contributed by atoms with van der Waals surface area (Å²) in [6.45, 7) is 5.31. The number of aromatic amines is 1. The fraction of sp³-hybridized carbons (Fsp3) is 0.381. The molecule has 4 rings (SSSR count). The van der Waals surface area contributed by atoms with Gasteiger partial charge in [0.25, 0.3) is 11.5 Å². The number of hydrogen-bond donors (Lipinski definition) is 1. The molecule has 3 aromatic rings. The SMILES string of the molecule is Cc1ccc(CC2CCCN(C(=O)c3cn4nc(C)cc4[nH]c3=O)C2)cc1. The van der Waals surface area contributed by atoms with Crippen LogP contribution in [0.2, 0.25) is 0 Å². The molecule has 0 saturated carbocycles. The van der Waals surface area contributed by atoms with Crippen molar-refractivity contribution in [1.82, 2.24) is 19.5 Å². The molecule has 1 fully saturated rings. The molecular weight excluding hydrogens is 340 g/mol. The number of amides is 1. The number of aryl methyl sites for hydroxylation is 2. The largest absolute Gasteiger partial charge is 0.338 e. The molecule has 2 aromatic heterocycles. The number of carbonyl (C=O) groups is 1. The maximum Gasteiger partial charge on any atom is 0.264 e. The Bertz CT molecular complexity index is 1030. The third-order valence-electron chi connectivity index (χ3n) is 5.28. The second kappa shape index (κ2) is 7.02. The lowest BCUT2D eigenvalue weighted by molar-refractivity contribution is 0.0671. The molecule has 1 amide bonds. The Morgan fingerprint density at radius 3 is 2.81 bits per heavy atom. The van der Waals surface area contributed by atoms with E-state index >= 15 is 0 Å². The van der Waals surface area contributed by atoms with Gasteiger partial charge in [0.05, 0.1) is 5.69 Å². The maximum absolute atomic E-state index is 13.0. The minimum atomic E-state index is -0.354. The number of hydrogen-bond acceptors (Lipinski definition) is 3. The zero-order valence-electron chi connectivity index (χ0n) is 15.7. The van der Waals surface area contributed by atoms with Gasteiger partial charge in [0.1, 0.15) is 11.2 Å². The van der Waals surface area contributed by atoms with Gasteiger partial charge in [-0.1, -0.05) is 29.8 Å². The van der Waals surface area contributed by atoms with E-state index in [4.69, 9.17) is 0 Å². The van der Waals surface area contributed by atoms with Gasteiger partial charge in [-0.05, 0) is 44.6 Å². The van der Waals surface area contributed by atoms with Crippen LogP contribution in [0.3, 0.4) is 0 Å². The molecule has 1 aliphatic rings. The second-order valence-electron chi connectivity index (χ2n) is 7.56. The van der Waals surface area contributed by atoms with Crippen LogP contribution in [0.1, 0.15) is 40.0 Å². The van der Waals surface area contributed by atoms with Crippen LogP contribution in [0.5, 0.6) is 0 Å². The number of nitrogens with zero attached hydrogens (tertiary/aromatic N) is 3. The highest BCUT2D eigenvalue weighted by Gasteiger charge is 2.26. The van der Waals surface area contributed by atoms with Gasteiger partial charge >= 0.3 is 0 Å². The number of piperidine rings is 1. The Morgan fingerprint density at radius 1 is 1.26 bits per heavy atom. The number of rotatable bonds is 3. The van der Waals surface area contributed by atoms with Crippen LogP contribution in [-0.4, -0.2) is 38.5 Å². The molecule has 0 spiro atoms. The number of benzene rings is 1. The summed E-state index contributed by atoms with van der Waals surface area (Å²) >= 11 is 0.